The van der Waals surface area contributed by atoms with Crippen LogP contribution < -0.4 is 26.2 Å². The van der Waals surface area contributed by atoms with Crippen molar-refractivity contribution in [2.24, 2.45) is 0 Å². The monoisotopic (exact) mass is 829 g/mol. The van der Waals surface area contributed by atoms with E-state index in [-0.39, 0.29) is 49.1 Å². The molecule has 0 bridgehead atoms. The van der Waals surface area contributed by atoms with Crippen LogP contribution in [0, 0.1) is 0 Å². The van der Waals surface area contributed by atoms with E-state index in [0.29, 0.717) is 74.2 Å². The zero-order valence-corrected chi connectivity index (χ0v) is 34.3. The number of aromatic nitrogens is 3. The van der Waals surface area contributed by atoms with Gasteiger partial charge in [-0.1, -0.05) is 59.6 Å². The van der Waals surface area contributed by atoms with Crippen molar-refractivity contribution in [2.75, 3.05) is 20.2 Å². The maximum absolute atomic E-state index is 13.4. The Kier molecular flexibility index (Phi) is 12.9. The summed E-state index contributed by atoms with van der Waals surface area (Å²) in [5.41, 5.74) is 4.54. The minimum atomic E-state index is -1.12. The molecule has 1 saturated heterocycles. The number of carbonyl (C=O) groups excluding carboxylic acids is 2. The maximum Gasteiger partial charge on any atom is 0.407 e. The largest absolute Gasteiger partial charge is 0.481 e. The fourth-order valence-corrected chi connectivity index (χ4v) is 7.36. The molecular weight excluding hydrogens is 785 g/mol. The summed E-state index contributed by atoms with van der Waals surface area (Å²) >= 11 is 14.2. The van der Waals surface area contributed by atoms with Crippen molar-refractivity contribution < 1.29 is 29.0 Å². The highest BCUT2D eigenvalue weighted by molar-refractivity contribution is 6.39. The summed E-state index contributed by atoms with van der Waals surface area (Å²) in [5.74, 6) is 0.157. The predicted molar refractivity (Wildman–Crippen MR) is 222 cm³/mol. The molecule has 0 unspecified atom stereocenters. The normalized spacial score (nSPS) is 14.5. The van der Waals surface area contributed by atoms with Crippen molar-refractivity contribution in [3.63, 3.8) is 0 Å². The van der Waals surface area contributed by atoms with Gasteiger partial charge in [0.2, 0.25) is 11.8 Å². The molecule has 58 heavy (non-hydrogen) atoms. The molecule has 4 heterocycles. The molecule has 2 aromatic carbocycles. The van der Waals surface area contributed by atoms with Gasteiger partial charge in [0.05, 0.1) is 29.4 Å². The van der Waals surface area contributed by atoms with Crippen LogP contribution in [0.3, 0.4) is 0 Å². The lowest BCUT2D eigenvalue weighted by molar-refractivity contribution is -0.119. The molecule has 0 saturated carbocycles. The van der Waals surface area contributed by atoms with Crippen LogP contribution in [0.2, 0.25) is 10.0 Å². The first kappa shape index (κ1) is 41.9. The molecule has 3 amide bonds. The van der Waals surface area contributed by atoms with E-state index in [2.05, 4.69) is 20.9 Å². The zero-order valence-electron chi connectivity index (χ0n) is 32.8. The van der Waals surface area contributed by atoms with Gasteiger partial charge in [-0.2, -0.15) is 0 Å². The first-order valence-electron chi connectivity index (χ1n) is 18.7. The van der Waals surface area contributed by atoms with E-state index in [1.54, 1.807) is 57.4 Å². The van der Waals surface area contributed by atoms with Gasteiger partial charge >= 0.3 is 12.2 Å². The molecule has 0 spiro atoms. The zero-order chi connectivity index (χ0) is 41.7. The highest BCUT2D eigenvalue weighted by atomic mass is 35.5. The van der Waals surface area contributed by atoms with Gasteiger partial charge in [-0.15, -0.1) is 0 Å². The molecule has 6 rings (SSSR count). The summed E-state index contributed by atoms with van der Waals surface area (Å²) in [6.45, 7) is 8.05. The third-order valence-electron chi connectivity index (χ3n) is 9.47. The average Bonchev–Trinajstić information content (AvgIpc) is 3.59. The summed E-state index contributed by atoms with van der Waals surface area (Å²) in [6, 6.07) is 17.8. The number of carbonyl (C=O) groups is 3. The van der Waals surface area contributed by atoms with Crippen molar-refractivity contribution >= 4 is 46.9 Å². The molecule has 0 aliphatic carbocycles. The van der Waals surface area contributed by atoms with Crippen LogP contribution in [0.5, 0.6) is 5.88 Å². The van der Waals surface area contributed by atoms with Crippen molar-refractivity contribution in [3.05, 3.63) is 105 Å². The Labute approximate surface area is 345 Å². The number of hydrogen-bond acceptors (Lipinski definition) is 9. The lowest BCUT2D eigenvalue weighted by Gasteiger charge is -2.23. The van der Waals surface area contributed by atoms with Gasteiger partial charge < -0.3 is 35.4 Å². The number of ether oxygens (including phenoxy) is 2. The molecule has 16 heteroatoms. The van der Waals surface area contributed by atoms with Crippen molar-refractivity contribution in [3.8, 4) is 39.4 Å². The number of pyridine rings is 2. The molecule has 0 radical (unpaired) electrons. The van der Waals surface area contributed by atoms with E-state index in [1.807, 2.05) is 43.3 Å². The quantitative estimate of drug-likeness (QED) is 0.0952. The van der Waals surface area contributed by atoms with Gasteiger partial charge in [0.25, 0.3) is 5.56 Å². The van der Waals surface area contributed by atoms with Gasteiger partial charge in [-0.05, 0) is 63.9 Å². The maximum atomic E-state index is 13.4. The molecule has 2 atom stereocenters. The third-order valence-corrected chi connectivity index (χ3v) is 10.3. The molecule has 3 aromatic heterocycles. The number of nitrogens with zero attached hydrogens (tertiary/aromatic N) is 4. The van der Waals surface area contributed by atoms with E-state index in [1.165, 1.54) is 16.4 Å². The average molecular weight is 831 g/mol. The lowest BCUT2D eigenvalue weighted by atomic mass is 9.97. The number of halogens is 2. The summed E-state index contributed by atoms with van der Waals surface area (Å²) in [5, 5.41) is 19.5. The second-order valence-electron chi connectivity index (χ2n) is 15.1. The number of carboxylic acid groups (broad SMARTS) is 1. The Hall–Kier alpha value is -5.70. The standard InChI is InChI=1S/C42H45Cl2N7O7/c1-24(47-40(54)58-42(2,3)4)19-45-20-27-21-46-34-18-25(16-17-51(34)39(27)53)29-8-6-9-30(36(29)43)31-10-7-11-32(37(31)44)33-14-12-26(38(49-33)57-5)22-50(41(55)56)23-28-13-15-35(52)48-28/h6-12,14,16-18,21,24,28,45H,13,15,19-20,22-23H2,1-5H3,(H,47,54)(H,48,52)(H,55,56)/t24-,28-/m0/s1. The highest BCUT2D eigenvalue weighted by Crippen LogP contribution is 2.42. The number of methoxy groups -OCH3 is 1. The minimum absolute atomic E-state index is 0.0155. The number of amides is 3. The topological polar surface area (TPSA) is 176 Å². The first-order valence-corrected chi connectivity index (χ1v) is 19.5. The van der Waals surface area contributed by atoms with Gasteiger partial charge in [0, 0.05) is 83.9 Å². The third kappa shape index (κ3) is 9.87. The van der Waals surface area contributed by atoms with Crippen molar-refractivity contribution in [1.29, 1.82) is 0 Å². The first-order chi connectivity index (χ1) is 27.6. The lowest BCUT2D eigenvalue weighted by Crippen LogP contribution is -2.42. The Morgan fingerprint density at radius 2 is 1.71 bits per heavy atom. The van der Waals surface area contributed by atoms with Crippen LogP contribution >= 0.6 is 23.2 Å². The second-order valence-corrected chi connectivity index (χ2v) is 15.8. The fraction of sp³-hybridized carbons (Fsp3) is 0.333. The molecule has 1 aliphatic heterocycles. The predicted octanol–water partition coefficient (Wildman–Crippen LogP) is 7.17. The number of nitrogens with one attached hydrogen (secondary N) is 3. The van der Waals surface area contributed by atoms with Gasteiger partial charge in [-0.25, -0.2) is 19.6 Å². The van der Waals surface area contributed by atoms with Crippen LogP contribution in [0.15, 0.2) is 77.9 Å². The van der Waals surface area contributed by atoms with Crippen LogP contribution in [-0.4, -0.2) is 80.4 Å². The molecule has 5 aromatic rings. The van der Waals surface area contributed by atoms with E-state index in [9.17, 15) is 24.3 Å². The Bertz CT molecular complexity index is 2420. The molecule has 4 N–H and O–H groups in total. The molecular formula is C42H45Cl2N7O7. The van der Waals surface area contributed by atoms with Gasteiger partial charge in [0.1, 0.15) is 11.2 Å². The molecule has 14 nitrogen and oxygen atoms in total. The smallest absolute Gasteiger partial charge is 0.407 e. The van der Waals surface area contributed by atoms with Crippen LogP contribution in [-0.2, 0) is 22.6 Å². The second kappa shape index (κ2) is 17.8. The number of fused-ring (bicyclic) bond motifs is 1. The van der Waals surface area contributed by atoms with Gasteiger partial charge in [-0.3, -0.25) is 14.0 Å². The number of hydrogen-bond donors (Lipinski definition) is 4. The Balaban J connectivity index is 1.20. The Morgan fingerprint density at radius 3 is 2.36 bits per heavy atom. The van der Waals surface area contributed by atoms with Crippen molar-refractivity contribution in [2.45, 2.75) is 71.3 Å². The SMILES string of the molecule is COc1nc(-c2cccc(-c3cccc(-c4ccn5c(=O)c(CNC[C@H](C)NC(=O)OC(C)(C)C)cnc5c4)c3Cl)c2Cl)ccc1CN(C[C@@H]1CCC(=O)N1)C(=O)O. The highest BCUT2D eigenvalue weighted by Gasteiger charge is 2.27. The van der Waals surface area contributed by atoms with E-state index < -0.39 is 17.8 Å². The summed E-state index contributed by atoms with van der Waals surface area (Å²) in [7, 11) is 1.47. The minimum Gasteiger partial charge on any atom is -0.481 e. The summed E-state index contributed by atoms with van der Waals surface area (Å²) in [6.07, 6.45) is 2.52. The summed E-state index contributed by atoms with van der Waals surface area (Å²) < 4.78 is 12.4. The Morgan fingerprint density at radius 1 is 1.02 bits per heavy atom. The van der Waals surface area contributed by atoms with Crippen molar-refractivity contribution in [1.82, 2.24) is 35.2 Å². The van der Waals surface area contributed by atoms with Crippen LogP contribution in [0.4, 0.5) is 9.59 Å². The summed E-state index contributed by atoms with van der Waals surface area (Å²) in [4.78, 5) is 59.7. The van der Waals surface area contributed by atoms with Crippen LogP contribution in [0.25, 0.3) is 39.2 Å². The molecule has 304 valence electrons. The fourth-order valence-electron chi connectivity index (χ4n) is 6.70. The van der Waals surface area contributed by atoms with E-state index >= 15 is 0 Å². The number of alkyl carbamates (subject to hydrolysis) is 1. The number of benzene rings is 2. The van der Waals surface area contributed by atoms with Crippen LogP contribution in [0.1, 0.15) is 51.7 Å². The van der Waals surface area contributed by atoms with E-state index in [0.717, 1.165) is 5.56 Å². The molecule has 1 aliphatic rings. The van der Waals surface area contributed by atoms with Gasteiger partial charge in [0.15, 0.2) is 0 Å². The van der Waals surface area contributed by atoms with E-state index in [4.69, 9.17) is 37.7 Å². The molecule has 1 fully saturated rings. The number of rotatable bonds is 13.